The smallest absolute Gasteiger partial charge is 0.229 e. The molecule has 4 rings (SSSR count). The van der Waals surface area contributed by atoms with E-state index in [0.29, 0.717) is 23.0 Å². The van der Waals surface area contributed by atoms with Crippen molar-refractivity contribution in [2.75, 3.05) is 16.8 Å². The molecule has 0 aliphatic carbocycles. The number of anilines is 2. The summed E-state index contributed by atoms with van der Waals surface area (Å²) < 4.78 is 19.3. The Morgan fingerprint density at radius 2 is 1.76 bits per heavy atom. The molecule has 0 spiro atoms. The minimum atomic E-state index is -0.473. The Labute approximate surface area is 193 Å². The molecular weight excluding hydrogens is 419 g/mol. The van der Waals surface area contributed by atoms with Crippen LogP contribution in [0.15, 0.2) is 66.7 Å². The van der Waals surface area contributed by atoms with Crippen LogP contribution in [-0.4, -0.2) is 18.4 Å². The summed E-state index contributed by atoms with van der Waals surface area (Å²) in [7, 11) is 0. The van der Waals surface area contributed by atoms with Crippen molar-refractivity contribution in [3.05, 3.63) is 83.7 Å². The third-order valence-corrected chi connectivity index (χ3v) is 5.77. The summed E-state index contributed by atoms with van der Waals surface area (Å²) >= 11 is 0. The van der Waals surface area contributed by atoms with Gasteiger partial charge in [-0.3, -0.25) is 9.59 Å². The van der Waals surface area contributed by atoms with Crippen LogP contribution in [0.2, 0.25) is 0 Å². The zero-order valence-corrected chi connectivity index (χ0v) is 19.0. The number of ether oxygens (including phenoxy) is 1. The van der Waals surface area contributed by atoms with Gasteiger partial charge in [0.1, 0.15) is 17.3 Å². The van der Waals surface area contributed by atoms with Gasteiger partial charge < -0.3 is 15.0 Å². The lowest BCUT2D eigenvalue weighted by atomic mass is 10.0. The first-order valence-electron chi connectivity index (χ1n) is 11.1. The van der Waals surface area contributed by atoms with Crippen molar-refractivity contribution in [1.29, 1.82) is 0 Å². The summed E-state index contributed by atoms with van der Waals surface area (Å²) in [6, 6.07) is 19.1. The SMILES string of the molecule is Cc1ccc(C(C)C)c(Oc2ccc(NC(=O)[C@H]3CC(=O)N(c4ccc(F)cc4)C3)cc2)c1. The number of amides is 2. The van der Waals surface area contributed by atoms with Crippen LogP contribution in [0.5, 0.6) is 11.5 Å². The van der Waals surface area contributed by atoms with E-state index in [1.807, 2.05) is 25.1 Å². The van der Waals surface area contributed by atoms with Crippen molar-refractivity contribution in [1.82, 2.24) is 0 Å². The van der Waals surface area contributed by atoms with E-state index in [9.17, 15) is 14.0 Å². The molecular formula is C27H27FN2O3. The Balaban J connectivity index is 1.39. The van der Waals surface area contributed by atoms with Gasteiger partial charge in [0.2, 0.25) is 11.8 Å². The number of carbonyl (C=O) groups is 2. The molecule has 5 nitrogen and oxygen atoms in total. The van der Waals surface area contributed by atoms with Crippen molar-refractivity contribution in [2.24, 2.45) is 5.92 Å². The van der Waals surface area contributed by atoms with E-state index >= 15 is 0 Å². The number of rotatable bonds is 6. The van der Waals surface area contributed by atoms with Gasteiger partial charge in [0, 0.05) is 24.3 Å². The number of benzene rings is 3. The average molecular weight is 447 g/mol. The molecule has 0 aromatic heterocycles. The van der Waals surface area contributed by atoms with Gasteiger partial charge in [0.25, 0.3) is 0 Å². The second-order valence-electron chi connectivity index (χ2n) is 8.69. The van der Waals surface area contributed by atoms with Gasteiger partial charge in [-0.1, -0.05) is 26.0 Å². The molecule has 1 aliphatic rings. The maximum atomic E-state index is 13.2. The highest BCUT2D eigenvalue weighted by molar-refractivity contribution is 6.03. The monoisotopic (exact) mass is 446 g/mol. The van der Waals surface area contributed by atoms with Crippen LogP contribution in [0.3, 0.4) is 0 Å². The highest BCUT2D eigenvalue weighted by atomic mass is 19.1. The van der Waals surface area contributed by atoms with Crippen LogP contribution in [0.4, 0.5) is 15.8 Å². The van der Waals surface area contributed by atoms with E-state index in [2.05, 4.69) is 31.3 Å². The zero-order valence-electron chi connectivity index (χ0n) is 19.0. The third-order valence-electron chi connectivity index (χ3n) is 5.77. The molecule has 1 fully saturated rings. The Hall–Kier alpha value is -3.67. The molecule has 1 heterocycles. The molecule has 0 saturated carbocycles. The molecule has 1 saturated heterocycles. The van der Waals surface area contributed by atoms with Crippen LogP contribution in [-0.2, 0) is 9.59 Å². The van der Waals surface area contributed by atoms with Gasteiger partial charge >= 0.3 is 0 Å². The molecule has 0 radical (unpaired) electrons. The largest absolute Gasteiger partial charge is 0.457 e. The Morgan fingerprint density at radius 1 is 1.06 bits per heavy atom. The van der Waals surface area contributed by atoms with Crippen LogP contribution in [0, 0.1) is 18.7 Å². The number of nitrogens with zero attached hydrogens (tertiary/aromatic N) is 1. The second kappa shape index (κ2) is 9.45. The second-order valence-corrected chi connectivity index (χ2v) is 8.69. The fraction of sp³-hybridized carbons (Fsp3) is 0.259. The van der Waals surface area contributed by atoms with Gasteiger partial charge in [-0.2, -0.15) is 0 Å². The number of hydrogen-bond acceptors (Lipinski definition) is 3. The standard InChI is InChI=1S/C27H27FN2O3/c1-17(2)24-13-4-18(3)14-25(24)33-23-11-7-21(8-12-23)29-27(32)19-15-26(31)30(16-19)22-9-5-20(28)6-10-22/h4-14,17,19H,15-16H2,1-3H3,(H,29,32)/t19-/m0/s1. The molecule has 1 N–H and O–H groups in total. The van der Waals surface area contributed by atoms with Gasteiger partial charge in [-0.05, 0) is 78.6 Å². The first kappa shape index (κ1) is 22.5. The van der Waals surface area contributed by atoms with Gasteiger partial charge in [0.05, 0.1) is 5.92 Å². The van der Waals surface area contributed by atoms with E-state index < -0.39 is 5.92 Å². The molecule has 0 unspecified atom stereocenters. The minimum Gasteiger partial charge on any atom is -0.457 e. The predicted octanol–water partition coefficient (Wildman–Crippen LogP) is 6.04. The molecule has 0 bridgehead atoms. The molecule has 2 amide bonds. The molecule has 33 heavy (non-hydrogen) atoms. The maximum Gasteiger partial charge on any atom is 0.229 e. The average Bonchev–Trinajstić information content (AvgIpc) is 3.17. The Morgan fingerprint density at radius 3 is 2.42 bits per heavy atom. The zero-order chi connectivity index (χ0) is 23.5. The third kappa shape index (κ3) is 5.22. The number of halogens is 1. The van der Waals surface area contributed by atoms with Crippen molar-refractivity contribution >= 4 is 23.2 Å². The van der Waals surface area contributed by atoms with Crippen LogP contribution in [0.1, 0.15) is 37.3 Å². The van der Waals surface area contributed by atoms with Crippen LogP contribution in [0.25, 0.3) is 0 Å². The van der Waals surface area contributed by atoms with Gasteiger partial charge in [-0.25, -0.2) is 4.39 Å². The number of nitrogens with one attached hydrogen (secondary N) is 1. The van der Waals surface area contributed by atoms with Crippen molar-refractivity contribution in [2.45, 2.75) is 33.1 Å². The minimum absolute atomic E-state index is 0.121. The first-order valence-corrected chi connectivity index (χ1v) is 11.1. The molecule has 6 heteroatoms. The van der Waals surface area contributed by atoms with Crippen molar-refractivity contribution in [3.8, 4) is 11.5 Å². The Bertz CT molecular complexity index is 1160. The first-order chi connectivity index (χ1) is 15.8. The van der Waals surface area contributed by atoms with Crippen molar-refractivity contribution in [3.63, 3.8) is 0 Å². The summed E-state index contributed by atoms with van der Waals surface area (Å²) in [4.78, 5) is 26.6. The lowest BCUT2D eigenvalue weighted by molar-refractivity contribution is -0.122. The maximum absolute atomic E-state index is 13.2. The summed E-state index contributed by atoms with van der Waals surface area (Å²) in [5, 5.41) is 2.88. The lowest BCUT2D eigenvalue weighted by Gasteiger charge is -2.17. The molecule has 3 aromatic rings. The quantitative estimate of drug-likeness (QED) is 0.502. The van der Waals surface area contributed by atoms with E-state index in [1.165, 1.54) is 17.0 Å². The molecule has 1 atom stereocenters. The highest BCUT2D eigenvalue weighted by Gasteiger charge is 2.35. The summed E-state index contributed by atoms with van der Waals surface area (Å²) in [6.45, 7) is 6.55. The Kier molecular flexibility index (Phi) is 6.45. The van der Waals surface area contributed by atoms with Crippen molar-refractivity contribution < 1.29 is 18.7 Å². The molecule has 3 aromatic carbocycles. The van der Waals surface area contributed by atoms with Crippen LogP contribution < -0.4 is 15.0 Å². The number of aryl methyl sites for hydroxylation is 1. The van der Waals surface area contributed by atoms with E-state index in [-0.39, 0.29) is 30.6 Å². The van der Waals surface area contributed by atoms with Gasteiger partial charge in [0.15, 0.2) is 0 Å². The van der Waals surface area contributed by atoms with Gasteiger partial charge in [-0.15, -0.1) is 0 Å². The number of hydrogen-bond donors (Lipinski definition) is 1. The van der Waals surface area contributed by atoms with E-state index in [1.54, 1.807) is 24.3 Å². The van der Waals surface area contributed by atoms with E-state index in [4.69, 9.17) is 4.74 Å². The summed E-state index contributed by atoms with van der Waals surface area (Å²) in [5.74, 6) is 0.635. The predicted molar refractivity (Wildman–Crippen MR) is 127 cm³/mol. The highest BCUT2D eigenvalue weighted by Crippen LogP contribution is 2.32. The topological polar surface area (TPSA) is 58.6 Å². The van der Waals surface area contributed by atoms with Crippen LogP contribution >= 0.6 is 0 Å². The molecule has 170 valence electrons. The fourth-order valence-electron chi connectivity index (χ4n) is 3.94. The summed E-state index contributed by atoms with van der Waals surface area (Å²) in [6.07, 6.45) is 0.121. The lowest BCUT2D eigenvalue weighted by Crippen LogP contribution is -2.28. The van der Waals surface area contributed by atoms with E-state index in [0.717, 1.165) is 16.9 Å². The molecule has 1 aliphatic heterocycles. The fourth-order valence-corrected chi connectivity index (χ4v) is 3.94. The number of carbonyl (C=O) groups excluding carboxylic acids is 2. The normalized spacial score (nSPS) is 15.7. The summed E-state index contributed by atoms with van der Waals surface area (Å²) in [5.41, 5.74) is 3.48.